The topological polar surface area (TPSA) is 107 Å². The third-order valence-corrected chi connectivity index (χ3v) is 4.17. The van der Waals surface area contributed by atoms with Crippen molar-refractivity contribution in [3.8, 4) is 23.3 Å². The first-order chi connectivity index (χ1) is 13.9. The SMILES string of the molecule is CCOc1cc(/C(=C/C#N)c2ccc(OC)c(NC(=O)[C@@H](C)N)c2)ccc1OC. The number of ether oxygens (including phenoxy) is 3. The zero-order chi connectivity index (χ0) is 21.4. The Balaban J connectivity index is 2.54. The smallest absolute Gasteiger partial charge is 0.241 e. The summed E-state index contributed by atoms with van der Waals surface area (Å²) in [4.78, 5) is 12.1. The molecule has 0 fully saturated rings. The van der Waals surface area contributed by atoms with Crippen LogP contribution in [-0.4, -0.2) is 32.8 Å². The average Bonchev–Trinajstić information content (AvgIpc) is 2.72. The van der Waals surface area contributed by atoms with E-state index in [2.05, 4.69) is 11.4 Å². The van der Waals surface area contributed by atoms with Gasteiger partial charge in [0, 0.05) is 6.08 Å². The van der Waals surface area contributed by atoms with Gasteiger partial charge in [0.05, 0.1) is 38.6 Å². The van der Waals surface area contributed by atoms with Gasteiger partial charge in [-0.15, -0.1) is 0 Å². The van der Waals surface area contributed by atoms with E-state index in [0.717, 1.165) is 11.1 Å². The van der Waals surface area contributed by atoms with Gasteiger partial charge in [-0.3, -0.25) is 4.79 Å². The molecule has 3 N–H and O–H groups in total. The Bertz CT molecular complexity index is 946. The second-order valence-corrected chi connectivity index (χ2v) is 6.18. The minimum Gasteiger partial charge on any atom is -0.495 e. The molecular formula is C22H25N3O4. The summed E-state index contributed by atoms with van der Waals surface area (Å²) in [7, 11) is 3.08. The maximum absolute atomic E-state index is 12.1. The molecule has 7 nitrogen and oxygen atoms in total. The molecule has 0 aliphatic heterocycles. The van der Waals surface area contributed by atoms with E-state index in [9.17, 15) is 10.1 Å². The summed E-state index contributed by atoms with van der Waals surface area (Å²) in [5.41, 5.74) is 8.27. The van der Waals surface area contributed by atoms with Crippen LogP contribution in [-0.2, 0) is 4.79 Å². The van der Waals surface area contributed by atoms with Gasteiger partial charge in [0.2, 0.25) is 5.91 Å². The Hall–Kier alpha value is -3.50. The largest absolute Gasteiger partial charge is 0.495 e. The molecule has 0 saturated heterocycles. The summed E-state index contributed by atoms with van der Waals surface area (Å²) in [5, 5.41) is 12.1. The number of nitrogens with two attached hydrogens (primary N) is 1. The van der Waals surface area contributed by atoms with E-state index in [0.29, 0.717) is 35.1 Å². The first-order valence-corrected chi connectivity index (χ1v) is 9.11. The number of amides is 1. The number of hydrogen-bond acceptors (Lipinski definition) is 6. The number of carbonyl (C=O) groups is 1. The molecule has 0 aliphatic rings. The van der Waals surface area contributed by atoms with Gasteiger partial charge in [0.25, 0.3) is 0 Å². The Morgan fingerprint density at radius 3 is 2.31 bits per heavy atom. The van der Waals surface area contributed by atoms with Crippen molar-refractivity contribution in [2.24, 2.45) is 5.73 Å². The molecule has 7 heteroatoms. The number of methoxy groups -OCH3 is 2. The molecule has 2 aromatic carbocycles. The first kappa shape index (κ1) is 21.8. The molecule has 2 rings (SSSR count). The van der Waals surface area contributed by atoms with Gasteiger partial charge in [-0.25, -0.2) is 0 Å². The van der Waals surface area contributed by atoms with Crippen LogP contribution in [0.5, 0.6) is 17.2 Å². The van der Waals surface area contributed by atoms with E-state index in [1.807, 2.05) is 25.1 Å². The van der Waals surface area contributed by atoms with E-state index in [4.69, 9.17) is 19.9 Å². The lowest BCUT2D eigenvalue weighted by molar-refractivity contribution is -0.117. The lowest BCUT2D eigenvalue weighted by Crippen LogP contribution is -2.32. The van der Waals surface area contributed by atoms with Crippen molar-refractivity contribution in [2.75, 3.05) is 26.1 Å². The second-order valence-electron chi connectivity index (χ2n) is 6.18. The maximum atomic E-state index is 12.1. The van der Waals surface area contributed by atoms with Crippen molar-refractivity contribution in [1.29, 1.82) is 5.26 Å². The molecule has 152 valence electrons. The molecule has 1 amide bonds. The highest BCUT2D eigenvalue weighted by atomic mass is 16.5. The van der Waals surface area contributed by atoms with Crippen LogP contribution in [0.15, 0.2) is 42.5 Å². The lowest BCUT2D eigenvalue weighted by Gasteiger charge is -2.16. The number of benzene rings is 2. The fourth-order valence-electron chi connectivity index (χ4n) is 2.73. The number of nitrogens with one attached hydrogen (secondary N) is 1. The highest BCUT2D eigenvalue weighted by Crippen LogP contribution is 2.35. The Kier molecular flexibility index (Phi) is 7.63. The van der Waals surface area contributed by atoms with E-state index >= 15 is 0 Å². The van der Waals surface area contributed by atoms with Gasteiger partial charge >= 0.3 is 0 Å². The van der Waals surface area contributed by atoms with Gasteiger partial charge < -0.3 is 25.3 Å². The van der Waals surface area contributed by atoms with Crippen molar-refractivity contribution in [3.05, 3.63) is 53.6 Å². The number of nitrogens with zero attached hydrogens (tertiary/aromatic N) is 1. The zero-order valence-corrected chi connectivity index (χ0v) is 17.0. The molecule has 29 heavy (non-hydrogen) atoms. The van der Waals surface area contributed by atoms with Crippen LogP contribution in [0.3, 0.4) is 0 Å². The van der Waals surface area contributed by atoms with Crippen LogP contribution < -0.4 is 25.3 Å². The standard InChI is InChI=1S/C22H25N3O4/c1-5-29-21-13-16(7-9-20(21)28-4)17(10-11-23)15-6-8-19(27-3)18(12-15)25-22(26)14(2)24/h6-10,12-14H,5,24H2,1-4H3,(H,25,26)/b17-10+/t14-/m1/s1. The van der Waals surface area contributed by atoms with Crippen molar-refractivity contribution < 1.29 is 19.0 Å². The summed E-state index contributed by atoms with van der Waals surface area (Å²) in [5.74, 6) is 1.33. The van der Waals surface area contributed by atoms with Crippen LogP contribution in [0.25, 0.3) is 5.57 Å². The molecular weight excluding hydrogens is 370 g/mol. The molecule has 0 heterocycles. The fourth-order valence-corrected chi connectivity index (χ4v) is 2.73. The Labute approximate surface area is 170 Å². The number of nitriles is 1. The zero-order valence-electron chi connectivity index (χ0n) is 17.0. The first-order valence-electron chi connectivity index (χ1n) is 9.11. The number of anilines is 1. The third kappa shape index (κ3) is 5.27. The van der Waals surface area contributed by atoms with Crippen LogP contribution in [0, 0.1) is 11.3 Å². The van der Waals surface area contributed by atoms with Crippen LogP contribution in [0.1, 0.15) is 25.0 Å². The molecule has 0 unspecified atom stereocenters. The van der Waals surface area contributed by atoms with E-state index < -0.39 is 6.04 Å². The van der Waals surface area contributed by atoms with E-state index in [1.165, 1.54) is 13.2 Å². The predicted octanol–water partition coefficient (Wildman–Crippen LogP) is 3.34. The predicted molar refractivity (Wildman–Crippen MR) is 112 cm³/mol. The third-order valence-electron chi connectivity index (χ3n) is 4.17. The molecule has 0 radical (unpaired) electrons. The summed E-state index contributed by atoms with van der Waals surface area (Å²) in [6, 6.07) is 12.1. The highest BCUT2D eigenvalue weighted by Gasteiger charge is 2.15. The average molecular weight is 395 g/mol. The summed E-state index contributed by atoms with van der Waals surface area (Å²) in [6.07, 6.45) is 1.44. The molecule has 0 aromatic heterocycles. The molecule has 0 aliphatic carbocycles. The maximum Gasteiger partial charge on any atom is 0.241 e. The monoisotopic (exact) mass is 395 g/mol. The number of allylic oxidation sites excluding steroid dienone is 1. The van der Waals surface area contributed by atoms with Gasteiger partial charge in [0.1, 0.15) is 5.75 Å². The summed E-state index contributed by atoms with van der Waals surface area (Å²) < 4.78 is 16.3. The van der Waals surface area contributed by atoms with Crippen LogP contribution >= 0.6 is 0 Å². The Morgan fingerprint density at radius 1 is 1.14 bits per heavy atom. The number of hydrogen-bond donors (Lipinski definition) is 2. The molecule has 2 aromatic rings. The van der Waals surface area contributed by atoms with Gasteiger partial charge in [-0.1, -0.05) is 12.1 Å². The van der Waals surface area contributed by atoms with E-state index in [1.54, 1.807) is 32.2 Å². The quantitative estimate of drug-likeness (QED) is 0.664. The second kappa shape index (κ2) is 10.2. The van der Waals surface area contributed by atoms with Crippen LogP contribution in [0.4, 0.5) is 5.69 Å². The van der Waals surface area contributed by atoms with Crippen LogP contribution in [0.2, 0.25) is 0 Å². The van der Waals surface area contributed by atoms with Crippen molar-refractivity contribution in [2.45, 2.75) is 19.9 Å². The minimum absolute atomic E-state index is 0.339. The summed E-state index contributed by atoms with van der Waals surface area (Å²) in [6.45, 7) is 3.96. The van der Waals surface area contributed by atoms with Crippen molar-refractivity contribution in [1.82, 2.24) is 0 Å². The fraction of sp³-hybridized carbons (Fsp3) is 0.273. The van der Waals surface area contributed by atoms with Gasteiger partial charge in [-0.2, -0.15) is 5.26 Å². The number of rotatable bonds is 8. The minimum atomic E-state index is -0.673. The molecule has 1 atom stereocenters. The van der Waals surface area contributed by atoms with E-state index in [-0.39, 0.29) is 5.91 Å². The molecule has 0 saturated carbocycles. The Morgan fingerprint density at radius 2 is 1.76 bits per heavy atom. The van der Waals surface area contributed by atoms with Gasteiger partial charge in [-0.05, 0) is 54.8 Å². The van der Waals surface area contributed by atoms with Crippen molar-refractivity contribution >= 4 is 17.2 Å². The van der Waals surface area contributed by atoms with Gasteiger partial charge in [0.15, 0.2) is 11.5 Å². The number of carbonyl (C=O) groups excluding carboxylic acids is 1. The molecule has 0 bridgehead atoms. The van der Waals surface area contributed by atoms with Crippen molar-refractivity contribution in [3.63, 3.8) is 0 Å². The normalized spacial score (nSPS) is 11.9. The summed E-state index contributed by atoms with van der Waals surface area (Å²) >= 11 is 0. The molecule has 0 spiro atoms. The highest BCUT2D eigenvalue weighted by molar-refractivity contribution is 5.96. The lowest BCUT2D eigenvalue weighted by atomic mass is 9.96.